The standard InChI is InChI=1S/C26H38N2O5S/c1-16(2)14-18(15-29)28-22-24(31)27(17(3)4)12-9-11-26(22)21(23(28)30)20-19(34-26)10-7-5-6-8-13-33-25(20)32/h7,9-11,16-22,29H,5-6,8,12-15H2,1-4H3/b10-7-/t18-,19-,20+,21+,22?,26+/m1/s1. The highest BCUT2D eigenvalue weighted by molar-refractivity contribution is 8.02. The van der Waals surface area contributed by atoms with Crippen LogP contribution in [0.15, 0.2) is 24.3 Å². The van der Waals surface area contributed by atoms with Gasteiger partial charge in [0, 0.05) is 17.8 Å². The van der Waals surface area contributed by atoms with Crippen molar-refractivity contribution < 1.29 is 24.2 Å². The van der Waals surface area contributed by atoms with E-state index in [0.717, 1.165) is 19.3 Å². The number of esters is 1. The van der Waals surface area contributed by atoms with Crippen LogP contribution in [0, 0.1) is 17.8 Å². The van der Waals surface area contributed by atoms with Crippen LogP contribution in [-0.2, 0) is 19.1 Å². The first kappa shape index (κ1) is 25.3. The molecule has 8 heteroatoms. The summed E-state index contributed by atoms with van der Waals surface area (Å²) in [6.07, 6.45) is 11.4. The molecule has 4 aliphatic rings. The molecule has 0 aromatic heterocycles. The Kier molecular flexibility index (Phi) is 7.48. The quantitative estimate of drug-likeness (QED) is 0.471. The Hall–Kier alpha value is -1.80. The van der Waals surface area contributed by atoms with Gasteiger partial charge in [0.05, 0.1) is 35.8 Å². The molecule has 1 N–H and O–H groups in total. The van der Waals surface area contributed by atoms with Crippen LogP contribution in [0.3, 0.4) is 0 Å². The third kappa shape index (κ3) is 4.21. The number of fused-ring (bicyclic) bond motifs is 2. The molecule has 4 rings (SSSR count). The van der Waals surface area contributed by atoms with Crippen LogP contribution in [0.5, 0.6) is 0 Å². The molecular weight excluding hydrogens is 452 g/mol. The maximum atomic E-state index is 14.2. The minimum atomic E-state index is -0.866. The molecule has 1 unspecified atom stereocenters. The van der Waals surface area contributed by atoms with Crippen LogP contribution in [0.2, 0.25) is 0 Å². The van der Waals surface area contributed by atoms with Gasteiger partial charge in [-0.1, -0.05) is 38.2 Å². The smallest absolute Gasteiger partial charge is 0.311 e. The molecular formula is C26H38N2O5S. The lowest BCUT2D eigenvalue weighted by molar-refractivity contribution is -0.154. The number of allylic oxidation sites excluding steroid dienone is 1. The highest BCUT2D eigenvalue weighted by atomic mass is 32.2. The van der Waals surface area contributed by atoms with Gasteiger partial charge in [-0.3, -0.25) is 14.4 Å². The average Bonchev–Trinajstić information content (AvgIpc) is 3.17. The number of carbonyl (C=O) groups is 3. The molecule has 0 aliphatic carbocycles. The van der Waals surface area contributed by atoms with Crippen molar-refractivity contribution >= 4 is 29.5 Å². The van der Waals surface area contributed by atoms with Gasteiger partial charge < -0.3 is 19.6 Å². The van der Waals surface area contributed by atoms with Crippen molar-refractivity contribution in [2.24, 2.45) is 17.8 Å². The van der Waals surface area contributed by atoms with Crippen molar-refractivity contribution in [2.45, 2.75) is 81.5 Å². The fourth-order valence-electron chi connectivity index (χ4n) is 6.05. The number of likely N-dealkylation sites (tertiary alicyclic amines) is 1. The molecule has 7 nitrogen and oxygen atoms in total. The van der Waals surface area contributed by atoms with Crippen molar-refractivity contribution in [2.75, 3.05) is 19.8 Å². The first-order chi connectivity index (χ1) is 16.2. The zero-order chi connectivity index (χ0) is 24.6. The van der Waals surface area contributed by atoms with Crippen molar-refractivity contribution in [3.63, 3.8) is 0 Å². The third-order valence-electron chi connectivity index (χ3n) is 7.54. The Balaban J connectivity index is 1.85. The van der Waals surface area contributed by atoms with Gasteiger partial charge in [-0.2, -0.15) is 0 Å². The Bertz CT molecular complexity index is 871. The van der Waals surface area contributed by atoms with Crippen molar-refractivity contribution in [1.29, 1.82) is 0 Å². The number of carbonyl (C=O) groups excluding carboxylic acids is 3. The summed E-state index contributed by atoms with van der Waals surface area (Å²) in [5.41, 5.74) is 0. The number of amides is 2. The number of rotatable bonds is 5. The molecule has 0 aromatic carbocycles. The van der Waals surface area contributed by atoms with E-state index in [1.54, 1.807) is 21.6 Å². The maximum absolute atomic E-state index is 14.2. The highest BCUT2D eigenvalue weighted by Crippen LogP contribution is 2.61. The summed E-state index contributed by atoms with van der Waals surface area (Å²) in [6.45, 7) is 8.64. The van der Waals surface area contributed by atoms with Crippen molar-refractivity contribution in [1.82, 2.24) is 9.80 Å². The minimum absolute atomic E-state index is 0.0297. The number of ether oxygens (including phenoxy) is 1. The molecule has 2 amide bonds. The Labute approximate surface area is 206 Å². The summed E-state index contributed by atoms with van der Waals surface area (Å²) in [7, 11) is 0. The number of thioether (sulfide) groups is 1. The molecule has 2 saturated heterocycles. The van der Waals surface area contributed by atoms with Crippen LogP contribution in [0.4, 0.5) is 0 Å². The monoisotopic (exact) mass is 490 g/mol. The second-order valence-electron chi connectivity index (χ2n) is 10.6. The summed E-state index contributed by atoms with van der Waals surface area (Å²) in [5, 5.41) is 10.1. The SMILES string of the molecule is CC(C)C[C@H](CO)N1C(=O)[C@@H]2[C@H]3C(=O)OCCCC/C=C\[C@H]3S[C@@]23C=CCN(C(C)C)C(=O)C13. The van der Waals surface area contributed by atoms with E-state index < -0.39 is 28.7 Å². The van der Waals surface area contributed by atoms with Crippen LogP contribution < -0.4 is 0 Å². The van der Waals surface area contributed by atoms with Gasteiger partial charge in [0.15, 0.2) is 0 Å². The minimum Gasteiger partial charge on any atom is -0.465 e. The number of nitrogens with zero attached hydrogens (tertiary/aromatic N) is 2. The van der Waals surface area contributed by atoms with E-state index in [1.165, 1.54) is 0 Å². The first-order valence-corrected chi connectivity index (χ1v) is 13.5. The topological polar surface area (TPSA) is 87.2 Å². The number of cyclic esters (lactones) is 1. The molecule has 0 radical (unpaired) electrons. The van der Waals surface area contributed by atoms with Crippen LogP contribution >= 0.6 is 11.8 Å². The molecule has 1 spiro atoms. The predicted molar refractivity (Wildman–Crippen MR) is 132 cm³/mol. The van der Waals surface area contributed by atoms with Crippen LogP contribution in [0.25, 0.3) is 0 Å². The maximum Gasteiger partial charge on any atom is 0.311 e. The molecule has 0 bridgehead atoms. The van der Waals surface area contributed by atoms with Crippen molar-refractivity contribution in [3.05, 3.63) is 24.3 Å². The fraction of sp³-hybridized carbons (Fsp3) is 0.731. The lowest BCUT2D eigenvalue weighted by Crippen LogP contribution is -2.57. The zero-order valence-corrected chi connectivity index (χ0v) is 21.5. The summed E-state index contributed by atoms with van der Waals surface area (Å²) in [6, 6.07) is -1.27. The number of aliphatic hydroxyl groups excluding tert-OH is 1. The van der Waals surface area contributed by atoms with Gasteiger partial charge in [-0.25, -0.2) is 0 Å². The van der Waals surface area contributed by atoms with E-state index >= 15 is 0 Å². The molecule has 6 atom stereocenters. The average molecular weight is 491 g/mol. The van der Waals surface area contributed by atoms with Crippen LogP contribution in [-0.4, -0.2) is 80.6 Å². The van der Waals surface area contributed by atoms with E-state index in [4.69, 9.17) is 4.74 Å². The highest BCUT2D eigenvalue weighted by Gasteiger charge is 2.71. The van der Waals surface area contributed by atoms with E-state index in [-0.39, 0.29) is 41.6 Å². The normalized spacial score (nSPS) is 35.7. The Morgan fingerprint density at radius 1 is 1.15 bits per heavy atom. The molecule has 0 saturated carbocycles. The molecule has 188 valence electrons. The molecule has 4 aliphatic heterocycles. The van der Waals surface area contributed by atoms with E-state index in [2.05, 4.69) is 6.08 Å². The van der Waals surface area contributed by atoms with Gasteiger partial charge in [0.25, 0.3) is 0 Å². The Morgan fingerprint density at radius 2 is 1.91 bits per heavy atom. The van der Waals surface area contributed by atoms with Gasteiger partial charge in [-0.15, -0.1) is 11.8 Å². The number of hydrogen-bond acceptors (Lipinski definition) is 6. The molecule has 0 aromatic rings. The van der Waals surface area contributed by atoms with E-state index in [9.17, 15) is 19.5 Å². The molecule has 4 heterocycles. The summed E-state index contributed by atoms with van der Waals surface area (Å²) < 4.78 is 4.78. The van der Waals surface area contributed by atoms with E-state index in [0.29, 0.717) is 19.6 Å². The fourth-order valence-corrected chi connectivity index (χ4v) is 8.04. The second-order valence-corrected chi connectivity index (χ2v) is 12.1. The second kappa shape index (κ2) is 10.1. The van der Waals surface area contributed by atoms with Gasteiger partial charge in [0.1, 0.15) is 6.04 Å². The lowest BCUT2D eigenvalue weighted by Gasteiger charge is -2.39. The number of hydrogen-bond donors (Lipinski definition) is 1. The third-order valence-corrected chi connectivity index (χ3v) is 9.29. The van der Waals surface area contributed by atoms with Gasteiger partial charge in [-0.05, 0) is 45.4 Å². The summed E-state index contributed by atoms with van der Waals surface area (Å²) >= 11 is 1.56. The van der Waals surface area contributed by atoms with Gasteiger partial charge >= 0.3 is 5.97 Å². The first-order valence-electron chi connectivity index (χ1n) is 12.6. The molecule has 2 fully saturated rings. The van der Waals surface area contributed by atoms with Crippen LogP contribution in [0.1, 0.15) is 53.4 Å². The number of aliphatic hydroxyl groups is 1. The molecule has 34 heavy (non-hydrogen) atoms. The summed E-state index contributed by atoms with van der Waals surface area (Å²) in [5.74, 6) is -1.78. The van der Waals surface area contributed by atoms with E-state index in [1.807, 2.05) is 45.9 Å². The lowest BCUT2D eigenvalue weighted by atomic mass is 9.78. The van der Waals surface area contributed by atoms with Gasteiger partial charge in [0.2, 0.25) is 11.8 Å². The predicted octanol–water partition coefficient (Wildman–Crippen LogP) is 2.78. The summed E-state index contributed by atoms with van der Waals surface area (Å²) in [4.78, 5) is 45.0. The Morgan fingerprint density at radius 3 is 2.59 bits per heavy atom. The zero-order valence-electron chi connectivity index (χ0n) is 20.7. The van der Waals surface area contributed by atoms with Crippen molar-refractivity contribution in [3.8, 4) is 0 Å². The largest absolute Gasteiger partial charge is 0.465 e.